The molecule has 1 rings (SSSR count). The van der Waals surface area contributed by atoms with E-state index in [1.54, 1.807) is 0 Å². The smallest absolute Gasteiger partial charge is 0.183 e. The van der Waals surface area contributed by atoms with E-state index in [1.165, 1.54) is 18.2 Å². The van der Waals surface area contributed by atoms with Gasteiger partial charge >= 0.3 is 0 Å². The van der Waals surface area contributed by atoms with Crippen molar-refractivity contribution in [2.75, 3.05) is 19.8 Å². The molecule has 0 aliphatic rings. The molecule has 3 unspecified atom stereocenters. The molecule has 0 fully saturated rings. The normalized spacial score (nSPS) is 15.6. The van der Waals surface area contributed by atoms with Crippen LogP contribution in [0, 0.1) is 0 Å². The molecule has 114 valence electrons. The van der Waals surface area contributed by atoms with Crippen molar-refractivity contribution in [3.05, 3.63) is 18.2 Å². The van der Waals surface area contributed by atoms with Gasteiger partial charge in [0.25, 0.3) is 0 Å². The van der Waals surface area contributed by atoms with Gasteiger partial charge in [-0.3, -0.25) is 0 Å². The quantitative estimate of drug-likeness (QED) is 0.194. The molecular formula is C12H18O8. The molecule has 3 atom stereocenters. The van der Waals surface area contributed by atoms with Crippen LogP contribution in [0.1, 0.15) is 0 Å². The fraction of sp³-hybridized carbons (Fsp3) is 0.500. The van der Waals surface area contributed by atoms with Crippen molar-refractivity contribution in [1.29, 1.82) is 0 Å². The van der Waals surface area contributed by atoms with Gasteiger partial charge in [-0.1, -0.05) is 0 Å². The second-order valence-corrected chi connectivity index (χ2v) is 4.00. The molecule has 8 heteroatoms. The third kappa shape index (κ3) is 4.83. The van der Waals surface area contributed by atoms with Gasteiger partial charge in [0.05, 0.1) is 13.2 Å². The lowest BCUT2D eigenvalue weighted by atomic mass is 10.2. The van der Waals surface area contributed by atoms with Crippen LogP contribution < -0.4 is 4.74 Å². The Morgan fingerprint density at radius 3 is 2.30 bits per heavy atom. The van der Waals surface area contributed by atoms with Gasteiger partial charge in [-0.15, -0.1) is 0 Å². The van der Waals surface area contributed by atoms with E-state index < -0.39 is 25.1 Å². The maximum absolute atomic E-state index is 9.32. The highest BCUT2D eigenvalue weighted by molar-refractivity contribution is 5.43. The number of aliphatic hydroxyl groups excluding tert-OH is 4. The highest BCUT2D eigenvalue weighted by Gasteiger charge is 2.24. The van der Waals surface area contributed by atoms with E-state index >= 15 is 0 Å². The minimum Gasteiger partial charge on any atom is -0.504 e. The Kier molecular flexibility index (Phi) is 6.49. The number of phenolic OH excluding ortho intramolecular Hbond substituents is 2. The van der Waals surface area contributed by atoms with E-state index in [1.807, 2.05) is 0 Å². The van der Waals surface area contributed by atoms with Gasteiger partial charge in [0.2, 0.25) is 0 Å². The number of benzene rings is 1. The molecule has 0 saturated carbocycles. The number of hydrogen-bond acceptors (Lipinski definition) is 8. The van der Waals surface area contributed by atoms with Crippen molar-refractivity contribution in [2.24, 2.45) is 0 Å². The lowest BCUT2D eigenvalue weighted by molar-refractivity contribution is -0.194. The van der Waals surface area contributed by atoms with Gasteiger partial charge in [-0.25, -0.2) is 0 Å². The van der Waals surface area contributed by atoms with E-state index in [9.17, 15) is 15.3 Å². The van der Waals surface area contributed by atoms with Crippen LogP contribution in [-0.2, 0) is 4.74 Å². The Morgan fingerprint density at radius 2 is 1.70 bits per heavy atom. The van der Waals surface area contributed by atoms with Crippen molar-refractivity contribution in [1.82, 2.24) is 0 Å². The molecule has 0 amide bonds. The molecular weight excluding hydrogens is 272 g/mol. The van der Waals surface area contributed by atoms with Crippen molar-refractivity contribution < 1.29 is 40.1 Å². The molecule has 0 aliphatic carbocycles. The number of phenols is 2. The van der Waals surface area contributed by atoms with Crippen molar-refractivity contribution >= 4 is 0 Å². The van der Waals surface area contributed by atoms with Gasteiger partial charge in [0.15, 0.2) is 17.8 Å². The predicted octanol–water partition coefficient (Wildman–Crippen LogP) is -1.47. The molecule has 0 bridgehead atoms. The van der Waals surface area contributed by atoms with Gasteiger partial charge in [-0.2, -0.15) is 0 Å². The molecule has 0 aromatic heterocycles. The van der Waals surface area contributed by atoms with Crippen LogP contribution in [-0.4, -0.2) is 69.0 Å². The van der Waals surface area contributed by atoms with Crippen molar-refractivity contribution in [3.63, 3.8) is 0 Å². The van der Waals surface area contributed by atoms with E-state index in [0.717, 1.165) is 0 Å². The van der Waals surface area contributed by atoms with E-state index in [0.29, 0.717) is 0 Å². The Balaban J connectivity index is 2.29. The summed E-state index contributed by atoms with van der Waals surface area (Å²) in [6, 6.07) is 3.88. The summed E-state index contributed by atoms with van der Waals surface area (Å²) in [5.41, 5.74) is 0. The number of aromatic hydroxyl groups is 2. The van der Waals surface area contributed by atoms with Gasteiger partial charge in [0.1, 0.15) is 24.6 Å². The second-order valence-electron chi connectivity index (χ2n) is 4.00. The topological polar surface area (TPSA) is 140 Å². The predicted molar refractivity (Wildman–Crippen MR) is 66.3 cm³/mol. The third-order valence-electron chi connectivity index (χ3n) is 2.46. The zero-order chi connectivity index (χ0) is 15.1. The van der Waals surface area contributed by atoms with E-state index in [4.69, 9.17) is 24.8 Å². The first-order chi connectivity index (χ1) is 9.45. The number of aliphatic hydroxyl groups is 4. The monoisotopic (exact) mass is 290 g/mol. The zero-order valence-electron chi connectivity index (χ0n) is 10.6. The molecule has 1 aromatic rings. The first kappa shape index (κ1) is 16.5. The Bertz CT molecular complexity index is 410. The Labute approximate surface area is 115 Å². The zero-order valence-corrected chi connectivity index (χ0v) is 10.6. The number of ether oxygens (including phenoxy) is 2. The molecule has 8 nitrogen and oxygen atoms in total. The van der Waals surface area contributed by atoms with Crippen LogP contribution in [0.4, 0.5) is 0 Å². The molecule has 0 radical (unpaired) electrons. The van der Waals surface area contributed by atoms with Crippen molar-refractivity contribution in [3.8, 4) is 17.2 Å². The molecule has 0 heterocycles. The molecule has 6 N–H and O–H groups in total. The summed E-state index contributed by atoms with van der Waals surface area (Å²) in [6.07, 6.45) is -4.79. The van der Waals surface area contributed by atoms with E-state index in [-0.39, 0.29) is 30.5 Å². The fourth-order valence-electron chi connectivity index (χ4n) is 1.32. The SMILES string of the molecule is OCC(O)C(O)C(O)OCCOc1ccc(O)c(O)c1. The molecule has 0 aliphatic heterocycles. The lowest BCUT2D eigenvalue weighted by Crippen LogP contribution is -2.41. The summed E-state index contributed by atoms with van der Waals surface area (Å²) in [6.45, 7) is -0.800. The molecule has 0 spiro atoms. The van der Waals surface area contributed by atoms with Crippen LogP contribution in [0.15, 0.2) is 18.2 Å². The maximum Gasteiger partial charge on any atom is 0.183 e. The van der Waals surface area contributed by atoms with Crippen LogP contribution in [0.3, 0.4) is 0 Å². The van der Waals surface area contributed by atoms with Crippen LogP contribution in [0.5, 0.6) is 17.2 Å². The largest absolute Gasteiger partial charge is 0.504 e. The summed E-state index contributed by atoms with van der Waals surface area (Å²) in [5, 5.41) is 54.6. The van der Waals surface area contributed by atoms with Crippen LogP contribution in [0.25, 0.3) is 0 Å². The molecule has 1 aromatic carbocycles. The summed E-state index contributed by atoms with van der Waals surface area (Å²) in [4.78, 5) is 0. The third-order valence-corrected chi connectivity index (χ3v) is 2.46. The molecule has 0 saturated heterocycles. The number of hydrogen-bond donors (Lipinski definition) is 6. The van der Waals surface area contributed by atoms with Crippen LogP contribution in [0.2, 0.25) is 0 Å². The minimum atomic E-state index is -1.66. The van der Waals surface area contributed by atoms with Gasteiger partial charge in [0, 0.05) is 6.07 Å². The van der Waals surface area contributed by atoms with Crippen molar-refractivity contribution in [2.45, 2.75) is 18.5 Å². The highest BCUT2D eigenvalue weighted by Crippen LogP contribution is 2.28. The maximum atomic E-state index is 9.32. The highest BCUT2D eigenvalue weighted by atomic mass is 16.6. The molecule has 20 heavy (non-hydrogen) atoms. The fourth-order valence-corrected chi connectivity index (χ4v) is 1.32. The van der Waals surface area contributed by atoms with Gasteiger partial charge < -0.3 is 40.1 Å². The summed E-state index contributed by atoms with van der Waals surface area (Å²) in [7, 11) is 0. The minimum absolute atomic E-state index is 0.00319. The lowest BCUT2D eigenvalue weighted by Gasteiger charge is -2.21. The first-order valence-electron chi connectivity index (χ1n) is 5.87. The van der Waals surface area contributed by atoms with Crippen LogP contribution >= 0.6 is 0 Å². The summed E-state index contributed by atoms with van der Waals surface area (Å²) in [5.74, 6) is -0.315. The van der Waals surface area contributed by atoms with E-state index in [2.05, 4.69) is 0 Å². The van der Waals surface area contributed by atoms with Gasteiger partial charge in [-0.05, 0) is 12.1 Å². The summed E-state index contributed by atoms with van der Waals surface area (Å²) < 4.78 is 9.96. The second kappa shape index (κ2) is 7.88. The first-order valence-corrected chi connectivity index (χ1v) is 5.87. The summed E-state index contributed by atoms with van der Waals surface area (Å²) >= 11 is 0. The Hall–Kier alpha value is -1.58. The average Bonchev–Trinajstić information content (AvgIpc) is 2.45. The Morgan fingerprint density at radius 1 is 1.00 bits per heavy atom. The number of rotatable bonds is 8. The standard InChI is InChI=1S/C12H18O8/c13-6-10(16)11(17)12(18)20-4-3-19-7-1-2-8(14)9(15)5-7/h1-2,5,10-18H,3-4,6H2. The average molecular weight is 290 g/mol.